The lowest BCUT2D eigenvalue weighted by molar-refractivity contribution is 0.342. The first-order valence-corrected chi connectivity index (χ1v) is 5.73. The quantitative estimate of drug-likeness (QED) is 0.686. The van der Waals surface area contributed by atoms with Crippen molar-refractivity contribution in [3.05, 3.63) is 47.8 Å². The van der Waals surface area contributed by atoms with E-state index in [1.54, 1.807) is 25.1 Å². The smallest absolute Gasteiger partial charge is 0.253 e. The maximum absolute atomic E-state index is 13.5. The van der Waals surface area contributed by atoms with Crippen LogP contribution in [0.15, 0.2) is 24.3 Å². The minimum Gasteiger partial charge on any atom is -0.492 e. The molecule has 0 fully saturated rings. The maximum atomic E-state index is 13.5. The van der Waals surface area contributed by atoms with Gasteiger partial charge in [0.25, 0.3) is 11.9 Å². The topological polar surface area (TPSA) is 34.1 Å². The molecule has 1 aromatic carbocycles. The second-order valence-corrected chi connectivity index (χ2v) is 3.75. The van der Waals surface area contributed by atoms with Gasteiger partial charge in [0.2, 0.25) is 11.6 Å². The highest BCUT2D eigenvalue weighted by atomic mass is 19.2. The number of benzene rings is 1. The number of aromatic nitrogens is 1. The summed E-state index contributed by atoms with van der Waals surface area (Å²) in [4.78, 5) is 2.48. The third kappa shape index (κ3) is 2.66. The fourth-order valence-corrected chi connectivity index (χ4v) is 1.58. The molecule has 0 radical (unpaired) electrons. The Bertz CT molecular complexity index is 608. The number of hydrogen-bond donors (Lipinski definition) is 1. The molecule has 0 aliphatic carbocycles. The third-order valence-electron chi connectivity index (χ3n) is 2.44. The van der Waals surface area contributed by atoms with E-state index in [9.17, 15) is 17.6 Å². The van der Waals surface area contributed by atoms with Gasteiger partial charge in [-0.15, -0.1) is 0 Å². The van der Waals surface area contributed by atoms with E-state index in [0.717, 1.165) is 0 Å². The van der Waals surface area contributed by atoms with E-state index in [1.165, 1.54) is 6.07 Å². The second kappa shape index (κ2) is 5.77. The standard InChI is InChI=1S/C13H10F4N2O/c1-2-20-8-6-4-3-5-7(8)18-11-9(14)12(16)19-13(17)10(11)15/h3-6H,2H2,1H3,(H,18,19). The zero-order valence-corrected chi connectivity index (χ0v) is 10.4. The van der Waals surface area contributed by atoms with Crippen LogP contribution in [0.3, 0.4) is 0 Å². The Balaban J connectivity index is 2.45. The molecule has 20 heavy (non-hydrogen) atoms. The molecule has 1 aromatic heterocycles. The summed E-state index contributed by atoms with van der Waals surface area (Å²) < 4.78 is 58.3. The Labute approximate surface area is 112 Å². The SMILES string of the molecule is CCOc1ccccc1Nc1c(F)c(F)nc(F)c1F. The van der Waals surface area contributed by atoms with Crippen LogP contribution >= 0.6 is 0 Å². The number of nitrogens with zero attached hydrogens (tertiary/aromatic N) is 1. The number of ether oxygens (including phenoxy) is 1. The lowest BCUT2D eigenvalue weighted by Crippen LogP contribution is -2.07. The van der Waals surface area contributed by atoms with Gasteiger partial charge >= 0.3 is 0 Å². The molecule has 0 unspecified atom stereocenters. The lowest BCUT2D eigenvalue weighted by Gasteiger charge is -2.13. The van der Waals surface area contributed by atoms with Crippen LogP contribution in [0.25, 0.3) is 0 Å². The van der Waals surface area contributed by atoms with Gasteiger partial charge in [0.15, 0.2) is 0 Å². The van der Waals surface area contributed by atoms with Crippen LogP contribution in [0, 0.1) is 23.5 Å². The predicted octanol–water partition coefficient (Wildman–Crippen LogP) is 3.78. The van der Waals surface area contributed by atoms with Crippen LogP contribution in [0.2, 0.25) is 0 Å². The summed E-state index contributed by atoms with van der Waals surface area (Å²) in [5, 5.41) is 2.28. The van der Waals surface area contributed by atoms with Crippen molar-refractivity contribution < 1.29 is 22.3 Å². The molecule has 1 heterocycles. The number of nitrogens with one attached hydrogen (secondary N) is 1. The molecule has 0 bridgehead atoms. The van der Waals surface area contributed by atoms with Gasteiger partial charge < -0.3 is 10.1 Å². The molecule has 0 saturated heterocycles. The van der Waals surface area contributed by atoms with Crippen LogP contribution in [-0.2, 0) is 0 Å². The number of anilines is 2. The third-order valence-corrected chi connectivity index (χ3v) is 2.44. The highest BCUT2D eigenvalue weighted by Crippen LogP contribution is 2.31. The molecule has 0 spiro atoms. The van der Waals surface area contributed by atoms with Gasteiger partial charge in [-0.3, -0.25) is 0 Å². The summed E-state index contributed by atoms with van der Waals surface area (Å²) in [6, 6.07) is 6.24. The van der Waals surface area contributed by atoms with E-state index in [-0.39, 0.29) is 5.69 Å². The minimum atomic E-state index is -1.72. The first kappa shape index (κ1) is 14.1. The van der Waals surface area contributed by atoms with Crippen LogP contribution < -0.4 is 10.1 Å². The average Bonchev–Trinajstić information content (AvgIpc) is 2.43. The van der Waals surface area contributed by atoms with Crippen LogP contribution in [-0.4, -0.2) is 11.6 Å². The molecular weight excluding hydrogens is 276 g/mol. The molecule has 0 atom stereocenters. The first-order valence-electron chi connectivity index (χ1n) is 5.73. The van der Waals surface area contributed by atoms with Crippen molar-refractivity contribution in [2.75, 3.05) is 11.9 Å². The van der Waals surface area contributed by atoms with E-state index in [1.807, 2.05) is 0 Å². The molecule has 7 heteroatoms. The van der Waals surface area contributed by atoms with Crippen molar-refractivity contribution in [1.82, 2.24) is 4.98 Å². The van der Waals surface area contributed by atoms with E-state index in [0.29, 0.717) is 12.4 Å². The fraction of sp³-hybridized carbons (Fsp3) is 0.154. The molecule has 3 nitrogen and oxygen atoms in total. The van der Waals surface area contributed by atoms with Gasteiger partial charge in [-0.25, -0.2) is 0 Å². The summed E-state index contributed by atoms with van der Waals surface area (Å²) in [7, 11) is 0. The summed E-state index contributed by atoms with van der Waals surface area (Å²) in [6.07, 6.45) is 0. The highest BCUT2D eigenvalue weighted by molar-refractivity contribution is 5.66. The molecule has 2 aromatic rings. The highest BCUT2D eigenvalue weighted by Gasteiger charge is 2.21. The van der Waals surface area contributed by atoms with Crippen LogP contribution in [0.1, 0.15) is 6.92 Å². The Morgan fingerprint density at radius 3 is 2.25 bits per heavy atom. The van der Waals surface area contributed by atoms with E-state index in [4.69, 9.17) is 4.74 Å². The fourth-order valence-electron chi connectivity index (χ4n) is 1.58. The monoisotopic (exact) mass is 286 g/mol. The number of pyridine rings is 1. The second-order valence-electron chi connectivity index (χ2n) is 3.75. The van der Waals surface area contributed by atoms with Gasteiger partial charge in [-0.2, -0.15) is 22.5 Å². The zero-order chi connectivity index (χ0) is 14.7. The Morgan fingerprint density at radius 1 is 1.05 bits per heavy atom. The van der Waals surface area contributed by atoms with Crippen LogP contribution in [0.4, 0.5) is 28.9 Å². The number of hydrogen-bond acceptors (Lipinski definition) is 3. The number of halogens is 4. The van der Waals surface area contributed by atoms with Gasteiger partial charge in [-0.1, -0.05) is 12.1 Å². The molecule has 0 amide bonds. The molecule has 0 aliphatic rings. The summed E-state index contributed by atoms with van der Waals surface area (Å²) in [5.41, 5.74) is -0.778. The van der Waals surface area contributed by atoms with Gasteiger partial charge in [0.05, 0.1) is 12.3 Å². The minimum absolute atomic E-state index is 0.178. The molecule has 1 N–H and O–H groups in total. The van der Waals surface area contributed by atoms with Crippen LogP contribution in [0.5, 0.6) is 5.75 Å². The van der Waals surface area contributed by atoms with Crippen molar-refractivity contribution in [2.45, 2.75) is 6.92 Å². The molecule has 2 rings (SSSR count). The van der Waals surface area contributed by atoms with Crippen molar-refractivity contribution in [1.29, 1.82) is 0 Å². The number of rotatable bonds is 4. The number of para-hydroxylation sites is 2. The van der Waals surface area contributed by atoms with Gasteiger partial charge in [-0.05, 0) is 19.1 Å². The van der Waals surface area contributed by atoms with Crippen molar-refractivity contribution >= 4 is 11.4 Å². The van der Waals surface area contributed by atoms with Gasteiger partial charge in [0, 0.05) is 0 Å². The van der Waals surface area contributed by atoms with Gasteiger partial charge in [0.1, 0.15) is 11.4 Å². The van der Waals surface area contributed by atoms with E-state index >= 15 is 0 Å². The predicted molar refractivity (Wildman–Crippen MR) is 65.0 cm³/mol. The van der Waals surface area contributed by atoms with Crippen molar-refractivity contribution in [3.63, 3.8) is 0 Å². The summed E-state index contributed by atoms with van der Waals surface area (Å²) in [6.45, 7) is 2.05. The molecule has 106 valence electrons. The first-order chi connectivity index (χ1) is 9.54. The largest absolute Gasteiger partial charge is 0.492 e. The molecular formula is C13H10F4N2O. The normalized spacial score (nSPS) is 10.4. The summed E-state index contributed by atoms with van der Waals surface area (Å²) >= 11 is 0. The van der Waals surface area contributed by atoms with E-state index < -0.39 is 29.2 Å². The van der Waals surface area contributed by atoms with Crippen molar-refractivity contribution in [2.24, 2.45) is 0 Å². The van der Waals surface area contributed by atoms with Crippen molar-refractivity contribution in [3.8, 4) is 5.75 Å². The lowest BCUT2D eigenvalue weighted by atomic mass is 10.2. The Kier molecular flexibility index (Phi) is 4.07. The maximum Gasteiger partial charge on any atom is 0.253 e. The van der Waals surface area contributed by atoms with E-state index in [2.05, 4.69) is 10.3 Å². The Hall–Kier alpha value is -2.31. The molecule has 0 saturated carbocycles. The zero-order valence-electron chi connectivity index (χ0n) is 10.4. The molecule has 0 aliphatic heterocycles. The Morgan fingerprint density at radius 2 is 1.65 bits per heavy atom. The average molecular weight is 286 g/mol. The summed E-state index contributed by atoms with van der Waals surface area (Å²) in [5.74, 6) is -6.35.